The molecule has 1 aromatic carbocycles. The summed E-state index contributed by atoms with van der Waals surface area (Å²) in [7, 11) is -3.36. The van der Waals surface area contributed by atoms with Gasteiger partial charge < -0.3 is 9.05 Å². The van der Waals surface area contributed by atoms with Crippen LogP contribution < -0.4 is 0 Å². The smallest absolute Gasteiger partial charge is 0.305 e. The predicted octanol–water partition coefficient (Wildman–Crippen LogP) is 5.14. The van der Waals surface area contributed by atoms with Crippen molar-refractivity contribution < 1.29 is 13.6 Å². The highest BCUT2D eigenvalue weighted by molar-refractivity contribution is 7.61. The molecule has 0 bridgehead atoms. The Morgan fingerprint density at radius 1 is 1.26 bits per heavy atom. The summed E-state index contributed by atoms with van der Waals surface area (Å²) in [6, 6.07) is 9.86. The number of hydrogen-bond donors (Lipinski definition) is 0. The number of allylic oxidation sites excluding steroid dienone is 1. The molecule has 0 aliphatic carbocycles. The fourth-order valence-corrected chi connectivity index (χ4v) is 3.54. The molecule has 0 fully saturated rings. The summed E-state index contributed by atoms with van der Waals surface area (Å²) in [4.78, 5) is 0. The monoisotopic (exact) mass is 302 g/mol. The first-order valence-electron chi connectivity index (χ1n) is 6.35. The fourth-order valence-electron chi connectivity index (χ4n) is 1.65. The van der Waals surface area contributed by atoms with Gasteiger partial charge >= 0.3 is 7.60 Å². The molecule has 0 aromatic heterocycles. The molecule has 1 rings (SSSR count). The molecule has 1 atom stereocenters. The molecule has 0 heterocycles. The highest BCUT2D eigenvalue weighted by Crippen LogP contribution is 2.58. The van der Waals surface area contributed by atoms with E-state index in [2.05, 4.69) is 0 Å². The van der Waals surface area contributed by atoms with E-state index < -0.39 is 7.60 Å². The van der Waals surface area contributed by atoms with Crippen molar-refractivity contribution in [2.75, 3.05) is 13.2 Å². The van der Waals surface area contributed by atoms with Gasteiger partial charge in [0.15, 0.2) is 0 Å². The highest BCUT2D eigenvalue weighted by atomic mass is 35.5. The van der Waals surface area contributed by atoms with E-state index in [0.717, 1.165) is 5.56 Å². The van der Waals surface area contributed by atoms with Crippen LogP contribution >= 0.6 is 19.2 Å². The molecule has 0 saturated heterocycles. The topological polar surface area (TPSA) is 35.5 Å². The van der Waals surface area contributed by atoms with Gasteiger partial charge in [-0.3, -0.25) is 4.57 Å². The number of benzene rings is 1. The molecule has 19 heavy (non-hydrogen) atoms. The molecular weight excluding hydrogens is 283 g/mol. The average molecular weight is 303 g/mol. The van der Waals surface area contributed by atoms with Crippen LogP contribution in [0.3, 0.4) is 0 Å². The molecule has 0 saturated carbocycles. The molecule has 0 spiro atoms. The first-order valence-corrected chi connectivity index (χ1v) is 8.27. The van der Waals surface area contributed by atoms with Crippen LogP contribution in [0.15, 0.2) is 41.2 Å². The summed E-state index contributed by atoms with van der Waals surface area (Å²) in [5.41, 5.74) is 1.10. The van der Waals surface area contributed by atoms with E-state index in [1.165, 1.54) is 0 Å². The van der Waals surface area contributed by atoms with Crippen molar-refractivity contribution >= 4 is 19.2 Å². The van der Waals surface area contributed by atoms with E-state index >= 15 is 0 Å². The Labute approximate surface area is 120 Å². The lowest BCUT2D eigenvalue weighted by molar-refractivity contribution is 0.228. The van der Waals surface area contributed by atoms with Crippen LogP contribution in [0.5, 0.6) is 0 Å². The normalized spacial score (nSPS) is 14.4. The third kappa shape index (κ3) is 4.77. The van der Waals surface area contributed by atoms with E-state index in [-0.39, 0.29) is 10.7 Å². The Hall–Kier alpha value is -0.600. The van der Waals surface area contributed by atoms with Gasteiger partial charge in [-0.05, 0) is 19.4 Å². The number of rotatable bonds is 7. The molecule has 0 aliphatic heterocycles. The number of hydrogen-bond acceptors (Lipinski definition) is 3. The minimum Gasteiger partial charge on any atom is -0.305 e. The van der Waals surface area contributed by atoms with Crippen molar-refractivity contribution in [1.29, 1.82) is 0 Å². The first-order chi connectivity index (χ1) is 9.03. The molecule has 3 nitrogen and oxygen atoms in total. The lowest BCUT2D eigenvalue weighted by atomic mass is 10.0. The summed E-state index contributed by atoms with van der Waals surface area (Å²) in [6.45, 7) is 6.09. The van der Waals surface area contributed by atoms with Crippen LogP contribution in [0.25, 0.3) is 0 Å². The zero-order valence-corrected chi connectivity index (χ0v) is 13.2. The molecule has 0 aliphatic rings. The number of halogens is 1. The van der Waals surface area contributed by atoms with Crippen LogP contribution in [0, 0.1) is 0 Å². The van der Waals surface area contributed by atoms with Crippen LogP contribution in [0.4, 0.5) is 0 Å². The lowest BCUT2D eigenvalue weighted by Crippen LogP contribution is -1.97. The second kappa shape index (κ2) is 7.86. The van der Waals surface area contributed by atoms with Gasteiger partial charge in [0.05, 0.1) is 13.2 Å². The van der Waals surface area contributed by atoms with Crippen LogP contribution in [0.2, 0.25) is 0 Å². The highest BCUT2D eigenvalue weighted by Gasteiger charge is 2.28. The first kappa shape index (κ1) is 16.5. The van der Waals surface area contributed by atoms with Gasteiger partial charge in [0, 0.05) is 5.92 Å². The third-order valence-electron chi connectivity index (χ3n) is 2.57. The zero-order chi connectivity index (χ0) is 14.3. The summed E-state index contributed by atoms with van der Waals surface area (Å²) in [5.74, 6) is 0.0444. The SMILES string of the molecule is CCOP(=O)(OCC)/C(Cl)=C/C(C)c1ccccc1. The van der Waals surface area contributed by atoms with Gasteiger partial charge in [-0.15, -0.1) is 0 Å². The minimum absolute atomic E-state index is 0.0444. The molecule has 5 heteroatoms. The van der Waals surface area contributed by atoms with E-state index in [1.54, 1.807) is 19.9 Å². The average Bonchev–Trinajstić information content (AvgIpc) is 2.40. The van der Waals surface area contributed by atoms with E-state index in [0.29, 0.717) is 13.2 Å². The van der Waals surface area contributed by atoms with Crippen molar-refractivity contribution in [3.8, 4) is 0 Å². The van der Waals surface area contributed by atoms with Gasteiger partial charge in [-0.2, -0.15) is 0 Å². The Kier molecular flexibility index (Phi) is 6.81. The standard InChI is InChI=1S/C14H20ClO3P/c1-4-17-19(16,18-5-2)14(15)11-12(3)13-9-7-6-8-10-13/h6-12H,4-5H2,1-3H3/b14-11+. The predicted molar refractivity (Wildman–Crippen MR) is 79.7 cm³/mol. The molecule has 1 aromatic rings. The van der Waals surface area contributed by atoms with E-state index in [1.807, 2.05) is 37.3 Å². The quantitative estimate of drug-likeness (QED) is 0.654. The van der Waals surface area contributed by atoms with Crippen LogP contribution in [-0.2, 0) is 13.6 Å². The molecule has 106 valence electrons. The Balaban J connectivity index is 2.93. The van der Waals surface area contributed by atoms with Gasteiger partial charge in [0.1, 0.15) is 4.77 Å². The maximum atomic E-state index is 12.4. The van der Waals surface area contributed by atoms with Gasteiger partial charge in [-0.1, -0.05) is 54.9 Å². The van der Waals surface area contributed by atoms with Gasteiger partial charge in [-0.25, -0.2) is 0 Å². The minimum atomic E-state index is -3.36. The van der Waals surface area contributed by atoms with Crippen molar-refractivity contribution in [3.05, 3.63) is 46.7 Å². The summed E-state index contributed by atoms with van der Waals surface area (Å²) in [5, 5.41) is 0. The summed E-state index contributed by atoms with van der Waals surface area (Å²) in [6.07, 6.45) is 1.73. The van der Waals surface area contributed by atoms with Gasteiger partial charge in [0.2, 0.25) is 0 Å². The molecule has 0 radical (unpaired) electrons. The molecule has 0 N–H and O–H groups in total. The van der Waals surface area contributed by atoms with Crippen LogP contribution in [0.1, 0.15) is 32.3 Å². The summed E-state index contributed by atoms with van der Waals surface area (Å²) < 4.78 is 23.0. The Morgan fingerprint density at radius 2 is 1.79 bits per heavy atom. The maximum Gasteiger partial charge on any atom is 0.372 e. The zero-order valence-electron chi connectivity index (χ0n) is 11.5. The molecule has 0 amide bonds. The lowest BCUT2D eigenvalue weighted by Gasteiger charge is -2.17. The third-order valence-corrected chi connectivity index (χ3v) is 5.19. The van der Waals surface area contributed by atoms with Crippen molar-refractivity contribution in [1.82, 2.24) is 0 Å². The maximum absolute atomic E-state index is 12.4. The largest absolute Gasteiger partial charge is 0.372 e. The van der Waals surface area contributed by atoms with Crippen molar-refractivity contribution in [2.45, 2.75) is 26.7 Å². The van der Waals surface area contributed by atoms with E-state index in [9.17, 15) is 4.57 Å². The fraction of sp³-hybridized carbons (Fsp3) is 0.429. The second-order valence-corrected chi connectivity index (χ2v) is 6.69. The molecule has 1 unspecified atom stereocenters. The van der Waals surface area contributed by atoms with E-state index in [4.69, 9.17) is 20.6 Å². The Morgan fingerprint density at radius 3 is 2.26 bits per heavy atom. The second-order valence-electron chi connectivity index (χ2n) is 4.02. The molecular formula is C14H20ClO3P. The summed E-state index contributed by atoms with van der Waals surface area (Å²) >= 11 is 6.14. The van der Waals surface area contributed by atoms with Crippen LogP contribution in [-0.4, -0.2) is 13.2 Å². The van der Waals surface area contributed by atoms with Crippen molar-refractivity contribution in [3.63, 3.8) is 0 Å². The van der Waals surface area contributed by atoms with Gasteiger partial charge in [0.25, 0.3) is 0 Å². The van der Waals surface area contributed by atoms with Crippen molar-refractivity contribution in [2.24, 2.45) is 0 Å². The Bertz CT molecular complexity index is 449.